The van der Waals surface area contributed by atoms with E-state index in [0.717, 1.165) is 28.4 Å². The van der Waals surface area contributed by atoms with Crippen LogP contribution in [-0.2, 0) is 0 Å². The van der Waals surface area contributed by atoms with Crippen molar-refractivity contribution in [2.75, 3.05) is 5.73 Å². The molecule has 26 heavy (non-hydrogen) atoms. The van der Waals surface area contributed by atoms with Crippen molar-refractivity contribution in [3.8, 4) is 27.9 Å². The Morgan fingerprint density at radius 2 is 1.38 bits per heavy atom. The van der Waals surface area contributed by atoms with Gasteiger partial charge in [-0.15, -0.1) is 0 Å². The highest BCUT2D eigenvalue weighted by Crippen LogP contribution is 2.34. The number of hydrogen-bond acceptors (Lipinski definition) is 2. The lowest BCUT2D eigenvalue weighted by atomic mass is 10.00. The zero-order chi connectivity index (χ0) is 18.1. The van der Waals surface area contributed by atoms with Gasteiger partial charge in [0.25, 0.3) is 0 Å². The normalized spacial score (nSPS) is 10.8. The second-order valence-electron chi connectivity index (χ2n) is 5.95. The molecule has 0 saturated heterocycles. The minimum atomic E-state index is -0.872. The predicted molar refractivity (Wildman–Crippen MR) is 98.8 cm³/mol. The van der Waals surface area contributed by atoms with Crippen molar-refractivity contribution in [3.05, 3.63) is 91.0 Å². The van der Waals surface area contributed by atoms with E-state index in [1.54, 1.807) is 18.5 Å². The van der Waals surface area contributed by atoms with Gasteiger partial charge in [-0.3, -0.25) is 4.98 Å². The highest BCUT2D eigenvalue weighted by molar-refractivity contribution is 5.83. The molecule has 0 amide bonds. The summed E-state index contributed by atoms with van der Waals surface area (Å²) >= 11 is 0. The van der Waals surface area contributed by atoms with Gasteiger partial charge in [0.1, 0.15) is 0 Å². The number of anilines is 1. The molecule has 0 spiro atoms. The minimum absolute atomic E-state index is 0.602. The molecule has 0 saturated carbocycles. The zero-order valence-electron chi connectivity index (χ0n) is 13.7. The van der Waals surface area contributed by atoms with Crippen molar-refractivity contribution in [2.24, 2.45) is 0 Å². The molecule has 2 aromatic carbocycles. The molecule has 0 fully saturated rings. The quantitative estimate of drug-likeness (QED) is 0.526. The van der Waals surface area contributed by atoms with Gasteiger partial charge in [-0.1, -0.05) is 6.07 Å². The second-order valence-corrected chi connectivity index (χ2v) is 5.95. The molecule has 0 aliphatic rings. The maximum Gasteiger partial charge on any atom is 0.159 e. The molecule has 4 rings (SSSR count). The van der Waals surface area contributed by atoms with Gasteiger partial charge in [0.2, 0.25) is 0 Å². The number of nitrogens with two attached hydrogens (primary N) is 1. The average Bonchev–Trinajstić information content (AvgIpc) is 3.11. The number of rotatable bonds is 3. The Labute approximate surface area is 149 Å². The summed E-state index contributed by atoms with van der Waals surface area (Å²) in [5, 5.41) is 0. The van der Waals surface area contributed by atoms with E-state index in [1.165, 1.54) is 6.07 Å². The monoisotopic (exact) mass is 347 g/mol. The van der Waals surface area contributed by atoms with Crippen molar-refractivity contribution < 1.29 is 8.78 Å². The second kappa shape index (κ2) is 6.44. The van der Waals surface area contributed by atoms with Gasteiger partial charge in [0.15, 0.2) is 11.6 Å². The fourth-order valence-electron chi connectivity index (χ4n) is 2.91. The molecule has 4 aromatic rings. The number of pyridine rings is 1. The van der Waals surface area contributed by atoms with Gasteiger partial charge in [0, 0.05) is 47.3 Å². The van der Waals surface area contributed by atoms with Crippen molar-refractivity contribution in [3.63, 3.8) is 0 Å². The third-order valence-electron chi connectivity index (χ3n) is 4.24. The van der Waals surface area contributed by atoms with E-state index < -0.39 is 11.6 Å². The Morgan fingerprint density at radius 3 is 2.04 bits per heavy atom. The van der Waals surface area contributed by atoms with Gasteiger partial charge in [-0.25, -0.2) is 8.78 Å². The summed E-state index contributed by atoms with van der Waals surface area (Å²) < 4.78 is 29.0. The third-order valence-corrected chi connectivity index (χ3v) is 4.24. The van der Waals surface area contributed by atoms with Crippen LogP contribution in [0.3, 0.4) is 0 Å². The number of aromatic nitrogens is 2. The molecule has 0 radical (unpaired) electrons. The first-order valence-electron chi connectivity index (χ1n) is 8.05. The Bertz CT molecular complexity index is 1050. The maximum absolute atomic E-state index is 13.8. The number of halogens is 2. The van der Waals surface area contributed by atoms with Gasteiger partial charge in [0.05, 0.1) is 0 Å². The first-order valence-corrected chi connectivity index (χ1v) is 8.05. The highest BCUT2D eigenvalue weighted by Gasteiger charge is 2.14. The van der Waals surface area contributed by atoms with Gasteiger partial charge in [-0.2, -0.15) is 0 Å². The summed E-state index contributed by atoms with van der Waals surface area (Å²) in [6, 6.07) is 15.1. The largest absolute Gasteiger partial charge is 0.399 e. The number of nitrogen functional groups attached to an aromatic ring is 1. The highest BCUT2D eigenvalue weighted by atomic mass is 19.2. The van der Waals surface area contributed by atoms with Gasteiger partial charge >= 0.3 is 0 Å². The molecule has 5 heteroatoms. The van der Waals surface area contributed by atoms with Crippen LogP contribution in [0.1, 0.15) is 0 Å². The van der Waals surface area contributed by atoms with Crippen LogP contribution in [0.25, 0.3) is 27.9 Å². The molecule has 0 unspecified atom stereocenters. The van der Waals surface area contributed by atoms with Crippen LogP contribution in [0.15, 0.2) is 79.4 Å². The molecule has 2 aromatic heterocycles. The lowest BCUT2D eigenvalue weighted by Crippen LogP contribution is -1.91. The molecule has 0 atom stereocenters. The van der Waals surface area contributed by atoms with Crippen LogP contribution >= 0.6 is 0 Å². The van der Waals surface area contributed by atoms with Crippen LogP contribution in [-0.4, -0.2) is 9.55 Å². The summed E-state index contributed by atoms with van der Waals surface area (Å²) in [4.78, 5) is 4.04. The van der Waals surface area contributed by atoms with Crippen molar-refractivity contribution in [1.29, 1.82) is 0 Å². The Morgan fingerprint density at radius 1 is 0.731 bits per heavy atom. The molecular formula is C21H15F2N3. The minimum Gasteiger partial charge on any atom is -0.399 e. The summed E-state index contributed by atoms with van der Waals surface area (Å²) in [5.74, 6) is -1.74. The Kier molecular flexibility index (Phi) is 3.97. The Balaban J connectivity index is 1.90. The standard InChI is InChI=1S/C21H15F2N3/c22-20-6-1-15(11-21(20)23)19-13-26(17-4-2-16(24)3-5-17)12-18(19)14-7-9-25-10-8-14/h1-13H,24H2. The first kappa shape index (κ1) is 16.0. The fraction of sp³-hybridized carbons (Fsp3) is 0. The molecule has 0 aliphatic heterocycles. The molecule has 2 heterocycles. The lowest BCUT2D eigenvalue weighted by Gasteiger charge is -2.04. The van der Waals surface area contributed by atoms with Crippen molar-refractivity contribution in [1.82, 2.24) is 9.55 Å². The van der Waals surface area contributed by atoms with Crippen LogP contribution in [0.4, 0.5) is 14.5 Å². The number of nitrogens with zero attached hydrogens (tertiary/aromatic N) is 2. The van der Waals surface area contributed by atoms with E-state index in [2.05, 4.69) is 4.98 Å². The predicted octanol–water partition coefficient (Wildman–Crippen LogP) is 5.07. The molecule has 0 aliphatic carbocycles. The topological polar surface area (TPSA) is 43.8 Å². The molecule has 3 nitrogen and oxygen atoms in total. The average molecular weight is 347 g/mol. The summed E-state index contributed by atoms with van der Waals surface area (Å²) in [7, 11) is 0. The van der Waals surface area contributed by atoms with E-state index in [9.17, 15) is 8.78 Å². The third kappa shape index (κ3) is 2.95. The van der Waals surface area contributed by atoms with Crippen LogP contribution < -0.4 is 5.73 Å². The van der Waals surface area contributed by atoms with Crippen molar-refractivity contribution in [2.45, 2.75) is 0 Å². The summed E-state index contributed by atoms with van der Waals surface area (Å²) in [6.45, 7) is 0. The van der Waals surface area contributed by atoms with E-state index in [-0.39, 0.29) is 0 Å². The molecular weight excluding hydrogens is 332 g/mol. The van der Waals surface area contributed by atoms with Crippen LogP contribution in [0.5, 0.6) is 0 Å². The zero-order valence-corrected chi connectivity index (χ0v) is 13.7. The summed E-state index contributed by atoms with van der Waals surface area (Å²) in [6.07, 6.45) is 7.25. The Hall–Kier alpha value is -3.47. The fourth-order valence-corrected chi connectivity index (χ4v) is 2.91. The van der Waals surface area contributed by atoms with Crippen LogP contribution in [0, 0.1) is 11.6 Å². The van der Waals surface area contributed by atoms with Gasteiger partial charge < -0.3 is 10.3 Å². The summed E-state index contributed by atoms with van der Waals surface area (Å²) in [5.41, 5.74) is 10.6. The molecule has 128 valence electrons. The maximum atomic E-state index is 13.8. The molecule has 0 bridgehead atoms. The number of benzene rings is 2. The van der Waals surface area contributed by atoms with Gasteiger partial charge in [-0.05, 0) is 59.7 Å². The smallest absolute Gasteiger partial charge is 0.159 e. The lowest BCUT2D eigenvalue weighted by molar-refractivity contribution is 0.509. The van der Waals surface area contributed by atoms with Crippen LogP contribution in [0.2, 0.25) is 0 Å². The number of hydrogen-bond donors (Lipinski definition) is 1. The van der Waals surface area contributed by atoms with E-state index in [1.807, 2.05) is 53.4 Å². The van der Waals surface area contributed by atoms with Crippen molar-refractivity contribution >= 4 is 5.69 Å². The SMILES string of the molecule is Nc1ccc(-n2cc(-c3ccncc3)c(-c3ccc(F)c(F)c3)c2)cc1. The van der Waals surface area contributed by atoms with E-state index in [4.69, 9.17) is 5.73 Å². The molecule has 2 N–H and O–H groups in total. The van der Waals surface area contributed by atoms with E-state index in [0.29, 0.717) is 11.3 Å². The first-order chi connectivity index (χ1) is 12.6. The van der Waals surface area contributed by atoms with E-state index >= 15 is 0 Å².